The number of aryl methyl sites for hydroxylation is 2. The predicted octanol–water partition coefficient (Wildman–Crippen LogP) is 5.53. The average Bonchev–Trinajstić information content (AvgIpc) is 3.47. The molecule has 1 N–H and O–H groups in total. The molecule has 33 heavy (non-hydrogen) atoms. The fourth-order valence-electron chi connectivity index (χ4n) is 3.76. The van der Waals surface area contributed by atoms with E-state index in [9.17, 15) is 8.78 Å². The van der Waals surface area contributed by atoms with Crippen molar-refractivity contribution in [3.63, 3.8) is 0 Å². The van der Waals surface area contributed by atoms with Gasteiger partial charge in [0.2, 0.25) is 0 Å². The largest absolute Gasteiger partial charge is 0.340 e. The Labute approximate surface area is 189 Å². The molecule has 5 aromatic rings. The van der Waals surface area contributed by atoms with Crippen molar-refractivity contribution in [1.29, 1.82) is 0 Å². The fraction of sp³-hybridized carbons (Fsp3) is 0.200. The molecule has 166 valence electrons. The number of fused-ring (bicyclic) bond motifs is 1. The third-order valence-corrected chi connectivity index (χ3v) is 5.52. The molecule has 0 aliphatic rings. The molecule has 8 heteroatoms. The van der Waals surface area contributed by atoms with Gasteiger partial charge in [-0.05, 0) is 56.2 Å². The lowest BCUT2D eigenvalue weighted by atomic mass is 10.1. The van der Waals surface area contributed by atoms with Gasteiger partial charge in [-0.3, -0.25) is 14.6 Å². The molecule has 0 atom stereocenters. The van der Waals surface area contributed by atoms with Gasteiger partial charge in [-0.2, -0.15) is 5.10 Å². The predicted molar refractivity (Wildman–Crippen MR) is 122 cm³/mol. The summed E-state index contributed by atoms with van der Waals surface area (Å²) in [5.41, 5.74) is 5.53. The minimum atomic E-state index is -0.846. The van der Waals surface area contributed by atoms with E-state index in [4.69, 9.17) is 10.1 Å². The molecule has 0 saturated carbocycles. The summed E-state index contributed by atoms with van der Waals surface area (Å²) in [7, 11) is 0. The number of H-pyrrole nitrogens is 1. The van der Waals surface area contributed by atoms with Crippen LogP contribution < -0.4 is 0 Å². The van der Waals surface area contributed by atoms with E-state index in [1.807, 2.05) is 35.1 Å². The SMILES string of the molecule is CC(C)n1ccc(-c2[nH]c(CCc3ccc(F)c(F)c3)nc2-c2ccc3nccnc3c2)n1. The van der Waals surface area contributed by atoms with Crippen molar-refractivity contribution in [2.75, 3.05) is 0 Å². The maximum atomic E-state index is 13.6. The highest BCUT2D eigenvalue weighted by molar-refractivity contribution is 5.84. The van der Waals surface area contributed by atoms with Gasteiger partial charge in [-0.25, -0.2) is 13.8 Å². The van der Waals surface area contributed by atoms with Crippen LogP contribution in [0.4, 0.5) is 8.78 Å². The summed E-state index contributed by atoms with van der Waals surface area (Å²) in [6, 6.07) is 12.0. The Morgan fingerprint density at radius 2 is 1.73 bits per heavy atom. The molecule has 0 bridgehead atoms. The summed E-state index contributed by atoms with van der Waals surface area (Å²) in [4.78, 5) is 17.0. The minimum absolute atomic E-state index is 0.230. The van der Waals surface area contributed by atoms with E-state index < -0.39 is 11.6 Å². The molecule has 6 nitrogen and oxygen atoms in total. The Morgan fingerprint density at radius 1 is 0.909 bits per heavy atom. The maximum absolute atomic E-state index is 13.6. The van der Waals surface area contributed by atoms with Crippen molar-refractivity contribution >= 4 is 11.0 Å². The number of nitrogens with zero attached hydrogens (tertiary/aromatic N) is 5. The second-order valence-corrected chi connectivity index (χ2v) is 8.19. The lowest BCUT2D eigenvalue weighted by Crippen LogP contribution is -2.01. The van der Waals surface area contributed by atoms with Crippen LogP contribution in [0.3, 0.4) is 0 Å². The summed E-state index contributed by atoms with van der Waals surface area (Å²) in [6.45, 7) is 4.14. The van der Waals surface area contributed by atoms with Crippen LogP contribution in [0.25, 0.3) is 33.7 Å². The van der Waals surface area contributed by atoms with Crippen molar-refractivity contribution in [3.05, 3.63) is 84.1 Å². The summed E-state index contributed by atoms with van der Waals surface area (Å²) in [5.74, 6) is -0.950. The Hall–Kier alpha value is -3.94. The summed E-state index contributed by atoms with van der Waals surface area (Å²) >= 11 is 0. The van der Waals surface area contributed by atoms with E-state index in [1.165, 1.54) is 6.07 Å². The molecule has 0 aliphatic heterocycles. The Morgan fingerprint density at radius 3 is 2.48 bits per heavy atom. The molecule has 2 aromatic carbocycles. The number of aromatic nitrogens is 6. The summed E-state index contributed by atoms with van der Waals surface area (Å²) in [6.07, 6.45) is 6.33. The van der Waals surface area contributed by atoms with Gasteiger partial charge in [-0.15, -0.1) is 0 Å². The van der Waals surface area contributed by atoms with Crippen LogP contribution >= 0.6 is 0 Å². The van der Waals surface area contributed by atoms with Gasteiger partial charge in [0.05, 0.1) is 22.4 Å². The van der Waals surface area contributed by atoms with Crippen molar-refractivity contribution in [1.82, 2.24) is 29.7 Å². The van der Waals surface area contributed by atoms with E-state index in [1.54, 1.807) is 18.5 Å². The number of aromatic amines is 1. The number of imidazole rings is 1. The quantitative estimate of drug-likeness (QED) is 0.374. The first-order valence-corrected chi connectivity index (χ1v) is 10.8. The van der Waals surface area contributed by atoms with Gasteiger partial charge in [0.25, 0.3) is 0 Å². The number of nitrogens with one attached hydrogen (secondary N) is 1. The first kappa shape index (κ1) is 20.9. The molecular formula is C25H22F2N6. The van der Waals surface area contributed by atoms with Gasteiger partial charge < -0.3 is 4.98 Å². The lowest BCUT2D eigenvalue weighted by Gasteiger charge is -2.04. The van der Waals surface area contributed by atoms with Crippen molar-refractivity contribution < 1.29 is 8.78 Å². The first-order valence-electron chi connectivity index (χ1n) is 10.8. The molecule has 3 heterocycles. The van der Waals surface area contributed by atoms with Gasteiger partial charge in [-0.1, -0.05) is 12.1 Å². The molecule has 0 aliphatic carbocycles. The van der Waals surface area contributed by atoms with E-state index in [0.717, 1.165) is 45.6 Å². The second-order valence-electron chi connectivity index (χ2n) is 8.19. The minimum Gasteiger partial charge on any atom is -0.340 e. The third-order valence-electron chi connectivity index (χ3n) is 5.52. The highest BCUT2D eigenvalue weighted by atomic mass is 19.2. The number of hydrogen-bond acceptors (Lipinski definition) is 4. The first-order chi connectivity index (χ1) is 16.0. The third kappa shape index (κ3) is 4.24. The molecule has 0 unspecified atom stereocenters. The lowest BCUT2D eigenvalue weighted by molar-refractivity contribution is 0.507. The van der Waals surface area contributed by atoms with Crippen LogP contribution in [0.1, 0.15) is 31.3 Å². The van der Waals surface area contributed by atoms with Crippen LogP contribution in [0.5, 0.6) is 0 Å². The Balaban J connectivity index is 1.53. The van der Waals surface area contributed by atoms with Crippen LogP contribution in [-0.4, -0.2) is 29.7 Å². The maximum Gasteiger partial charge on any atom is 0.159 e. The van der Waals surface area contributed by atoms with E-state index in [-0.39, 0.29) is 6.04 Å². The Kier molecular flexibility index (Phi) is 5.42. The average molecular weight is 444 g/mol. The molecule has 0 fully saturated rings. The number of benzene rings is 2. The summed E-state index contributed by atoms with van der Waals surface area (Å²) < 4.78 is 28.7. The van der Waals surface area contributed by atoms with Crippen molar-refractivity contribution in [3.8, 4) is 22.6 Å². The molecule has 0 saturated heterocycles. The topological polar surface area (TPSA) is 72.3 Å². The highest BCUT2D eigenvalue weighted by Gasteiger charge is 2.18. The normalized spacial score (nSPS) is 11.5. The molecule has 3 aromatic heterocycles. The van der Waals surface area contributed by atoms with Crippen LogP contribution in [0.15, 0.2) is 61.1 Å². The van der Waals surface area contributed by atoms with Gasteiger partial charge in [0.1, 0.15) is 11.5 Å². The number of hydrogen-bond donors (Lipinski definition) is 1. The van der Waals surface area contributed by atoms with Crippen LogP contribution in [0, 0.1) is 11.6 Å². The van der Waals surface area contributed by atoms with Gasteiger partial charge >= 0.3 is 0 Å². The molecular weight excluding hydrogens is 422 g/mol. The summed E-state index contributed by atoms with van der Waals surface area (Å²) in [5, 5.41) is 4.71. The number of halogens is 2. The molecule has 5 rings (SSSR count). The number of rotatable bonds is 6. The zero-order valence-electron chi connectivity index (χ0n) is 18.3. The standard InChI is InChI=1S/C25H22F2N6/c1-15(2)33-12-9-21(32-33)25-24(17-5-7-20-22(14-17)29-11-10-28-20)30-23(31-25)8-4-16-3-6-18(26)19(27)13-16/h3,5-7,9-15H,4,8H2,1-2H3,(H,30,31). The van der Waals surface area contributed by atoms with E-state index in [0.29, 0.717) is 18.4 Å². The second kappa shape index (κ2) is 8.54. The van der Waals surface area contributed by atoms with Gasteiger partial charge in [0, 0.05) is 36.6 Å². The smallest absolute Gasteiger partial charge is 0.159 e. The zero-order chi connectivity index (χ0) is 22.9. The van der Waals surface area contributed by atoms with Crippen LogP contribution in [-0.2, 0) is 12.8 Å². The van der Waals surface area contributed by atoms with E-state index in [2.05, 4.69) is 28.8 Å². The highest BCUT2D eigenvalue weighted by Crippen LogP contribution is 2.31. The van der Waals surface area contributed by atoms with E-state index >= 15 is 0 Å². The van der Waals surface area contributed by atoms with Crippen molar-refractivity contribution in [2.45, 2.75) is 32.7 Å². The molecule has 0 radical (unpaired) electrons. The molecule has 0 amide bonds. The molecule has 0 spiro atoms. The van der Waals surface area contributed by atoms with Gasteiger partial charge in [0.15, 0.2) is 11.6 Å². The van der Waals surface area contributed by atoms with Crippen molar-refractivity contribution in [2.24, 2.45) is 0 Å². The Bertz CT molecular complexity index is 1440. The zero-order valence-corrected chi connectivity index (χ0v) is 18.3. The van der Waals surface area contributed by atoms with Crippen LogP contribution in [0.2, 0.25) is 0 Å². The fourth-order valence-corrected chi connectivity index (χ4v) is 3.76. The monoisotopic (exact) mass is 444 g/mol.